The number of carbonyl (C=O) groups is 5. The second kappa shape index (κ2) is 12.5. The molecule has 6 unspecified atom stereocenters. The van der Waals surface area contributed by atoms with Crippen molar-refractivity contribution >= 4 is 29.6 Å². The van der Waals surface area contributed by atoms with E-state index in [1.807, 2.05) is 0 Å². The number of nitrogens with zero attached hydrogens (tertiary/aromatic N) is 1. The average molecular weight is 471 g/mol. The summed E-state index contributed by atoms with van der Waals surface area (Å²) in [5, 5.41) is 34.9. The molecule has 15 nitrogen and oxygen atoms in total. The van der Waals surface area contributed by atoms with E-state index in [2.05, 4.69) is 25.9 Å². The van der Waals surface area contributed by atoms with Gasteiger partial charge < -0.3 is 47.7 Å². The van der Waals surface area contributed by atoms with Gasteiger partial charge in [0.05, 0.1) is 25.0 Å². The second-order valence-electron chi connectivity index (χ2n) is 7.41. The molecular formula is C18H29N7O8. The normalized spacial score (nSPS) is 16.4. The molecule has 0 aromatic carbocycles. The molecule has 0 aliphatic rings. The first-order valence-corrected chi connectivity index (χ1v) is 9.84. The number of rotatable bonds is 13. The highest BCUT2D eigenvalue weighted by Crippen LogP contribution is 2.04. The van der Waals surface area contributed by atoms with Crippen LogP contribution in [0.4, 0.5) is 0 Å². The summed E-state index contributed by atoms with van der Waals surface area (Å²) < 4.78 is 0. The number of hydrogen-bond acceptors (Lipinski definition) is 9. The molecule has 1 aromatic rings. The van der Waals surface area contributed by atoms with Crippen molar-refractivity contribution < 1.29 is 39.3 Å². The molecule has 6 atom stereocenters. The van der Waals surface area contributed by atoms with Crippen molar-refractivity contribution in [2.24, 2.45) is 11.5 Å². The lowest BCUT2D eigenvalue weighted by atomic mass is 10.1. The number of H-pyrrole nitrogens is 1. The fraction of sp³-hybridized carbons (Fsp3) is 0.556. The Hall–Kier alpha value is -3.56. The molecule has 0 saturated heterocycles. The van der Waals surface area contributed by atoms with Gasteiger partial charge in [0.25, 0.3) is 0 Å². The number of aromatic nitrogens is 2. The molecule has 0 radical (unpaired) electrons. The van der Waals surface area contributed by atoms with Crippen LogP contribution in [0.3, 0.4) is 0 Å². The van der Waals surface area contributed by atoms with Crippen molar-refractivity contribution in [3.8, 4) is 0 Å². The maximum Gasteiger partial charge on any atom is 0.328 e. The summed E-state index contributed by atoms with van der Waals surface area (Å²) in [5.41, 5.74) is 11.1. The van der Waals surface area contributed by atoms with Crippen molar-refractivity contribution in [2.45, 2.75) is 63.1 Å². The van der Waals surface area contributed by atoms with Gasteiger partial charge in [-0.2, -0.15) is 0 Å². The quantitative estimate of drug-likeness (QED) is 0.133. The first-order valence-electron chi connectivity index (χ1n) is 9.84. The van der Waals surface area contributed by atoms with Gasteiger partial charge in [-0.25, -0.2) is 9.78 Å². The molecule has 184 valence electrons. The Morgan fingerprint density at radius 2 is 1.58 bits per heavy atom. The third kappa shape index (κ3) is 8.83. The highest BCUT2D eigenvalue weighted by Gasteiger charge is 2.33. The van der Waals surface area contributed by atoms with Crippen LogP contribution in [0.25, 0.3) is 0 Å². The number of primary amides is 1. The summed E-state index contributed by atoms with van der Waals surface area (Å²) in [6.07, 6.45) is -0.842. The summed E-state index contributed by atoms with van der Waals surface area (Å²) in [5.74, 6) is -5.35. The van der Waals surface area contributed by atoms with Gasteiger partial charge in [0.1, 0.15) is 18.1 Å². The first kappa shape index (κ1) is 27.5. The highest BCUT2D eigenvalue weighted by atomic mass is 16.4. The third-order valence-corrected chi connectivity index (χ3v) is 4.52. The molecule has 15 heteroatoms. The number of aromatic amines is 1. The van der Waals surface area contributed by atoms with Gasteiger partial charge in [-0.3, -0.25) is 19.2 Å². The van der Waals surface area contributed by atoms with Gasteiger partial charge in [0.15, 0.2) is 6.04 Å². The van der Waals surface area contributed by atoms with Gasteiger partial charge in [0, 0.05) is 18.3 Å². The number of carboxylic acid groups (broad SMARTS) is 1. The molecule has 0 spiro atoms. The number of imidazole rings is 1. The van der Waals surface area contributed by atoms with Crippen LogP contribution in [0, 0.1) is 0 Å². The summed E-state index contributed by atoms with van der Waals surface area (Å²) in [4.78, 5) is 66.9. The van der Waals surface area contributed by atoms with Crippen LogP contribution >= 0.6 is 0 Å². The average Bonchev–Trinajstić information content (AvgIpc) is 3.22. The van der Waals surface area contributed by atoms with Crippen LogP contribution in [-0.4, -0.2) is 91.3 Å². The fourth-order valence-corrected chi connectivity index (χ4v) is 2.64. The molecule has 33 heavy (non-hydrogen) atoms. The molecule has 1 aromatic heterocycles. The number of nitrogens with two attached hydrogens (primary N) is 2. The van der Waals surface area contributed by atoms with Crippen LogP contribution in [0.1, 0.15) is 26.0 Å². The number of nitrogens with one attached hydrogen (secondary N) is 4. The molecule has 0 saturated carbocycles. The minimum atomic E-state index is -1.66. The van der Waals surface area contributed by atoms with Gasteiger partial charge in [-0.05, 0) is 13.8 Å². The van der Waals surface area contributed by atoms with Crippen molar-refractivity contribution in [3.05, 3.63) is 18.2 Å². The molecule has 4 amide bonds. The number of aliphatic hydroxyl groups is 2. The molecule has 11 N–H and O–H groups in total. The van der Waals surface area contributed by atoms with Gasteiger partial charge in [0.2, 0.25) is 23.6 Å². The van der Waals surface area contributed by atoms with Crippen molar-refractivity contribution in [1.82, 2.24) is 25.9 Å². The number of hydrogen-bond donors (Lipinski definition) is 9. The van der Waals surface area contributed by atoms with Crippen molar-refractivity contribution in [3.63, 3.8) is 0 Å². The van der Waals surface area contributed by atoms with Crippen molar-refractivity contribution in [2.75, 3.05) is 0 Å². The molecule has 0 aliphatic heterocycles. The lowest BCUT2D eigenvalue weighted by Crippen LogP contribution is -2.59. The van der Waals surface area contributed by atoms with E-state index in [-0.39, 0.29) is 6.42 Å². The zero-order valence-corrected chi connectivity index (χ0v) is 18.0. The smallest absolute Gasteiger partial charge is 0.328 e. The molecule has 1 rings (SSSR count). The van der Waals surface area contributed by atoms with Crippen LogP contribution in [0.2, 0.25) is 0 Å². The minimum Gasteiger partial charge on any atom is -0.480 e. The molecule has 1 heterocycles. The first-order chi connectivity index (χ1) is 15.3. The van der Waals surface area contributed by atoms with Crippen molar-refractivity contribution in [1.29, 1.82) is 0 Å². The number of amides is 4. The number of carbonyl (C=O) groups excluding carboxylic acids is 4. The van der Waals surface area contributed by atoms with Gasteiger partial charge in [-0.15, -0.1) is 0 Å². The van der Waals surface area contributed by atoms with Crippen LogP contribution in [0.5, 0.6) is 0 Å². The summed E-state index contributed by atoms with van der Waals surface area (Å²) >= 11 is 0. The molecule has 0 bridgehead atoms. The summed E-state index contributed by atoms with van der Waals surface area (Å²) in [7, 11) is 0. The predicted octanol–water partition coefficient (Wildman–Crippen LogP) is -4.54. The van der Waals surface area contributed by atoms with Gasteiger partial charge in [-0.1, -0.05) is 0 Å². The second-order valence-corrected chi connectivity index (χ2v) is 7.41. The highest BCUT2D eigenvalue weighted by molar-refractivity contribution is 5.96. The third-order valence-electron chi connectivity index (χ3n) is 4.52. The Morgan fingerprint density at radius 1 is 1.00 bits per heavy atom. The van der Waals surface area contributed by atoms with Gasteiger partial charge >= 0.3 is 5.97 Å². The number of carboxylic acids is 1. The van der Waals surface area contributed by atoms with Crippen LogP contribution in [-0.2, 0) is 30.4 Å². The largest absolute Gasteiger partial charge is 0.480 e. The Balaban J connectivity index is 3.09. The maximum absolute atomic E-state index is 12.8. The Labute approximate surface area is 188 Å². The minimum absolute atomic E-state index is 0.172. The van der Waals surface area contributed by atoms with E-state index in [0.717, 1.165) is 6.92 Å². The summed E-state index contributed by atoms with van der Waals surface area (Å²) in [6, 6.07) is -6.00. The zero-order chi connectivity index (χ0) is 25.3. The standard InChI is InChI=1S/C18H29N7O8/c1-7(26)13(20)17(31)24-11(4-12(19)28)15(29)23-10(3-9-5-21-6-22-9)16(30)25-14(8(2)27)18(32)33/h5-8,10-11,13-14,26-27H,3-4,20H2,1-2H3,(H2,19,28)(H,21,22)(H,23,29)(H,24,31)(H,25,30)(H,32,33). The molecule has 0 fully saturated rings. The predicted molar refractivity (Wildman–Crippen MR) is 111 cm³/mol. The van der Waals surface area contributed by atoms with E-state index in [1.165, 1.54) is 19.4 Å². The van der Waals surface area contributed by atoms with E-state index >= 15 is 0 Å². The SMILES string of the molecule is CC(O)C(N)C(=O)NC(CC(N)=O)C(=O)NC(Cc1cnc[nH]1)C(=O)NC(C(=O)O)C(C)O. The monoisotopic (exact) mass is 471 g/mol. The lowest BCUT2D eigenvalue weighted by Gasteiger charge is -2.25. The Kier molecular flexibility index (Phi) is 10.4. The number of aliphatic hydroxyl groups excluding tert-OH is 2. The van der Waals surface area contributed by atoms with E-state index in [9.17, 15) is 39.3 Å². The maximum atomic E-state index is 12.8. The summed E-state index contributed by atoms with van der Waals surface area (Å²) in [6.45, 7) is 2.41. The van der Waals surface area contributed by atoms with Crippen LogP contribution in [0.15, 0.2) is 12.5 Å². The number of aliphatic carboxylic acids is 1. The topological polar surface area (TPSA) is 263 Å². The Morgan fingerprint density at radius 3 is 2.03 bits per heavy atom. The van der Waals surface area contributed by atoms with E-state index in [4.69, 9.17) is 11.5 Å². The van der Waals surface area contributed by atoms with E-state index in [0.29, 0.717) is 5.69 Å². The lowest BCUT2D eigenvalue weighted by molar-refractivity contribution is -0.145. The van der Waals surface area contributed by atoms with E-state index in [1.54, 1.807) is 0 Å². The fourth-order valence-electron chi connectivity index (χ4n) is 2.64. The Bertz CT molecular complexity index is 843. The molecular weight excluding hydrogens is 442 g/mol. The van der Waals surface area contributed by atoms with E-state index < -0.39 is 72.4 Å². The molecule has 0 aliphatic carbocycles. The zero-order valence-electron chi connectivity index (χ0n) is 18.0. The van der Waals surface area contributed by atoms with Crippen LogP contribution < -0.4 is 27.4 Å².